The topological polar surface area (TPSA) is 82.3 Å². The predicted molar refractivity (Wildman–Crippen MR) is 91.3 cm³/mol. The average molecular weight is 337 g/mol. The van der Waals surface area contributed by atoms with E-state index in [-0.39, 0.29) is 18.2 Å². The van der Waals surface area contributed by atoms with E-state index in [1.165, 1.54) is 0 Å². The minimum absolute atomic E-state index is 0.242. The van der Waals surface area contributed by atoms with Crippen LogP contribution in [0.5, 0.6) is 0 Å². The number of aromatic amines is 1. The lowest BCUT2D eigenvalue weighted by Gasteiger charge is -2.22. The third kappa shape index (κ3) is 2.21. The summed E-state index contributed by atoms with van der Waals surface area (Å²) in [5.41, 5.74) is 3.04. The quantitative estimate of drug-likeness (QED) is 0.665. The number of carbonyl (C=O) groups is 3. The molecule has 25 heavy (non-hydrogen) atoms. The SMILES string of the molecule is Cc1cc(C(=O)CN2C(=O)N[C@@]3(CCc4ccccc43)C2=O)c(C)[nH]1. The molecular weight excluding hydrogens is 318 g/mol. The van der Waals surface area contributed by atoms with E-state index >= 15 is 0 Å². The molecule has 1 aliphatic carbocycles. The largest absolute Gasteiger partial charge is 0.362 e. The summed E-state index contributed by atoms with van der Waals surface area (Å²) in [6.07, 6.45) is 1.27. The number of ketones is 1. The minimum Gasteiger partial charge on any atom is -0.362 e. The molecule has 0 saturated carbocycles. The van der Waals surface area contributed by atoms with E-state index in [1.807, 2.05) is 31.2 Å². The van der Waals surface area contributed by atoms with E-state index in [0.29, 0.717) is 12.0 Å². The molecule has 6 heteroatoms. The molecule has 1 aromatic carbocycles. The number of Topliss-reactive ketones (excluding diaryl/α,β-unsaturated/α-hetero) is 1. The average Bonchev–Trinajstić information content (AvgIpc) is 3.19. The molecule has 2 heterocycles. The molecule has 1 aromatic heterocycles. The van der Waals surface area contributed by atoms with Crippen LogP contribution in [0.15, 0.2) is 30.3 Å². The van der Waals surface area contributed by atoms with Crippen molar-refractivity contribution in [3.63, 3.8) is 0 Å². The van der Waals surface area contributed by atoms with Crippen molar-refractivity contribution in [2.45, 2.75) is 32.2 Å². The Bertz CT molecular complexity index is 914. The van der Waals surface area contributed by atoms with Crippen molar-refractivity contribution < 1.29 is 14.4 Å². The zero-order chi connectivity index (χ0) is 17.8. The van der Waals surface area contributed by atoms with Crippen molar-refractivity contribution in [3.8, 4) is 0 Å². The highest BCUT2D eigenvalue weighted by molar-refractivity contribution is 6.12. The summed E-state index contributed by atoms with van der Waals surface area (Å²) in [7, 11) is 0. The number of H-pyrrole nitrogens is 1. The summed E-state index contributed by atoms with van der Waals surface area (Å²) in [5.74, 6) is -0.575. The maximum Gasteiger partial charge on any atom is 0.325 e. The number of aryl methyl sites for hydroxylation is 3. The van der Waals surface area contributed by atoms with Crippen LogP contribution in [0.1, 0.15) is 39.3 Å². The fourth-order valence-electron chi connectivity index (χ4n) is 3.98. The highest BCUT2D eigenvalue weighted by Crippen LogP contribution is 2.41. The molecule has 0 radical (unpaired) electrons. The molecule has 0 unspecified atom stereocenters. The second-order valence-corrected chi connectivity index (χ2v) is 6.80. The van der Waals surface area contributed by atoms with Crippen molar-refractivity contribution in [3.05, 3.63) is 58.4 Å². The number of amides is 3. The summed E-state index contributed by atoms with van der Waals surface area (Å²) in [4.78, 5) is 42.2. The van der Waals surface area contributed by atoms with Gasteiger partial charge in [0.1, 0.15) is 5.54 Å². The van der Waals surface area contributed by atoms with Gasteiger partial charge in [-0.3, -0.25) is 14.5 Å². The fraction of sp³-hybridized carbons (Fsp3) is 0.316. The van der Waals surface area contributed by atoms with Gasteiger partial charge in [-0.15, -0.1) is 0 Å². The normalized spacial score (nSPS) is 21.8. The first-order chi connectivity index (χ1) is 11.9. The number of aromatic nitrogens is 1. The van der Waals surface area contributed by atoms with Crippen LogP contribution in [0.2, 0.25) is 0 Å². The summed E-state index contributed by atoms with van der Waals surface area (Å²) in [5, 5.41) is 2.84. The maximum atomic E-state index is 13.0. The Hall–Kier alpha value is -2.89. The van der Waals surface area contributed by atoms with Gasteiger partial charge in [0.2, 0.25) is 0 Å². The van der Waals surface area contributed by atoms with Crippen LogP contribution in [0.4, 0.5) is 4.79 Å². The third-order valence-electron chi connectivity index (χ3n) is 5.17. The summed E-state index contributed by atoms with van der Waals surface area (Å²) < 4.78 is 0. The number of nitrogens with zero attached hydrogens (tertiary/aromatic N) is 1. The van der Waals surface area contributed by atoms with Gasteiger partial charge in [0.05, 0.1) is 6.54 Å². The summed E-state index contributed by atoms with van der Waals surface area (Å²) in [6.45, 7) is 3.43. The predicted octanol–water partition coefficient (Wildman–Crippen LogP) is 2.21. The Morgan fingerprint density at radius 3 is 2.72 bits per heavy atom. The molecule has 1 fully saturated rings. The molecule has 1 atom stereocenters. The number of hydrogen-bond acceptors (Lipinski definition) is 3. The molecule has 1 saturated heterocycles. The lowest BCUT2D eigenvalue weighted by atomic mass is 9.92. The van der Waals surface area contributed by atoms with Crippen LogP contribution in [-0.2, 0) is 16.8 Å². The van der Waals surface area contributed by atoms with Gasteiger partial charge in [-0.05, 0) is 43.9 Å². The van der Waals surface area contributed by atoms with Gasteiger partial charge in [0, 0.05) is 17.0 Å². The number of benzene rings is 1. The second kappa shape index (κ2) is 5.31. The zero-order valence-corrected chi connectivity index (χ0v) is 14.2. The van der Waals surface area contributed by atoms with E-state index < -0.39 is 11.6 Å². The van der Waals surface area contributed by atoms with Crippen molar-refractivity contribution >= 4 is 17.7 Å². The van der Waals surface area contributed by atoms with Gasteiger partial charge >= 0.3 is 6.03 Å². The summed E-state index contributed by atoms with van der Waals surface area (Å²) in [6, 6.07) is 8.90. The van der Waals surface area contributed by atoms with E-state index in [2.05, 4.69) is 10.3 Å². The van der Waals surface area contributed by atoms with Crippen molar-refractivity contribution in [1.29, 1.82) is 0 Å². The van der Waals surface area contributed by atoms with Crippen LogP contribution in [0.3, 0.4) is 0 Å². The molecular formula is C19H19N3O3. The van der Waals surface area contributed by atoms with Crippen LogP contribution >= 0.6 is 0 Å². The number of carbonyl (C=O) groups excluding carboxylic acids is 3. The third-order valence-corrected chi connectivity index (χ3v) is 5.17. The fourth-order valence-corrected chi connectivity index (χ4v) is 3.98. The minimum atomic E-state index is -1.02. The Labute approximate surface area is 145 Å². The number of urea groups is 1. The molecule has 3 amide bonds. The van der Waals surface area contributed by atoms with Crippen LogP contribution in [0.25, 0.3) is 0 Å². The van der Waals surface area contributed by atoms with Gasteiger partial charge < -0.3 is 10.3 Å². The molecule has 2 aromatic rings. The maximum absolute atomic E-state index is 13.0. The zero-order valence-electron chi connectivity index (χ0n) is 14.2. The number of nitrogens with one attached hydrogen (secondary N) is 2. The van der Waals surface area contributed by atoms with Crippen molar-refractivity contribution in [2.75, 3.05) is 6.54 Å². The van der Waals surface area contributed by atoms with Gasteiger partial charge in [-0.1, -0.05) is 24.3 Å². The van der Waals surface area contributed by atoms with Crippen molar-refractivity contribution in [1.82, 2.24) is 15.2 Å². The van der Waals surface area contributed by atoms with Gasteiger partial charge in [-0.2, -0.15) is 0 Å². The van der Waals surface area contributed by atoms with Crippen molar-refractivity contribution in [2.24, 2.45) is 0 Å². The molecule has 2 aliphatic rings. The first-order valence-electron chi connectivity index (χ1n) is 8.34. The number of imide groups is 1. The summed E-state index contributed by atoms with van der Waals surface area (Å²) >= 11 is 0. The molecule has 1 aliphatic heterocycles. The Balaban J connectivity index is 1.63. The molecule has 128 valence electrons. The Morgan fingerprint density at radius 2 is 2.00 bits per heavy atom. The second-order valence-electron chi connectivity index (χ2n) is 6.80. The smallest absolute Gasteiger partial charge is 0.325 e. The molecule has 1 spiro atoms. The van der Waals surface area contributed by atoms with Crippen LogP contribution in [0, 0.1) is 13.8 Å². The lowest BCUT2D eigenvalue weighted by molar-refractivity contribution is -0.131. The van der Waals surface area contributed by atoms with Gasteiger partial charge in [0.15, 0.2) is 5.78 Å². The standard InChI is InChI=1S/C19H19N3O3/c1-11-9-14(12(2)20-11)16(23)10-22-17(24)19(21-18(22)25)8-7-13-5-3-4-6-15(13)19/h3-6,9,20H,7-8,10H2,1-2H3,(H,21,25)/t19-/m1/s1. The highest BCUT2D eigenvalue weighted by atomic mass is 16.2. The molecule has 6 nitrogen and oxygen atoms in total. The molecule has 2 N–H and O–H groups in total. The number of rotatable bonds is 3. The molecule has 4 rings (SSSR count). The highest BCUT2D eigenvalue weighted by Gasteiger charge is 2.55. The first-order valence-corrected chi connectivity index (χ1v) is 8.34. The van der Waals surface area contributed by atoms with E-state index in [0.717, 1.165) is 33.8 Å². The van der Waals surface area contributed by atoms with E-state index in [9.17, 15) is 14.4 Å². The van der Waals surface area contributed by atoms with Crippen LogP contribution < -0.4 is 5.32 Å². The molecule has 0 bridgehead atoms. The van der Waals surface area contributed by atoms with E-state index in [4.69, 9.17) is 0 Å². The monoisotopic (exact) mass is 337 g/mol. The van der Waals surface area contributed by atoms with E-state index in [1.54, 1.807) is 13.0 Å². The first kappa shape index (κ1) is 15.6. The number of fused-ring (bicyclic) bond motifs is 2. The Kier molecular flexibility index (Phi) is 3.32. The van der Waals surface area contributed by atoms with Gasteiger partial charge in [0.25, 0.3) is 5.91 Å². The van der Waals surface area contributed by atoms with Gasteiger partial charge in [-0.25, -0.2) is 4.79 Å². The number of hydrogen-bond donors (Lipinski definition) is 2. The van der Waals surface area contributed by atoms with Crippen LogP contribution in [-0.4, -0.2) is 34.2 Å². The lowest BCUT2D eigenvalue weighted by Crippen LogP contribution is -2.42. The Morgan fingerprint density at radius 1 is 1.24 bits per heavy atom.